The normalized spacial score (nSPS) is 35.3. The Morgan fingerprint density at radius 2 is 1.73 bits per heavy atom. The Labute approximate surface area is 155 Å². The molecule has 0 spiro atoms. The summed E-state index contributed by atoms with van der Waals surface area (Å²) < 4.78 is 5.52. The molecule has 140 valence electrons. The topological polar surface area (TPSA) is 45.7 Å². The number of nitrogens with zero attached hydrogens (tertiary/aromatic N) is 3. The maximum absolute atomic E-state index is 13.6. The van der Waals surface area contributed by atoms with Gasteiger partial charge >= 0.3 is 0 Å². The number of ether oxygens (including phenoxy) is 1. The molecule has 3 heterocycles. The summed E-state index contributed by atoms with van der Waals surface area (Å²) in [5.74, 6) is 3.52. The summed E-state index contributed by atoms with van der Waals surface area (Å²) in [4.78, 5) is 22.4. The summed E-state index contributed by atoms with van der Waals surface area (Å²) in [5.41, 5.74) is 1.03. The van der Waals surface area contributed by atoms with Crippen LogP contribution in [-0.2, 0) is 9.53 Å². The van der Waals surface area contributed by atoms with E-state index in [1.807, 2.05) is 12.3 Å². The highest BCUT2D eigenvalue weighted by Crippen LogP contribution is 2.52. The van der Waals surface area contributed by atoms with Gasteiger partial charge in [0.1, 0.15) is 6.04 Å². The van der Waals surface area contributed by atoms with Gasteiger partial charge in [-0.1, -0.05) is 6.07 Å². The zero-order valence-corrected chi connectivity index (χ0v) is 15.4. The predicted octanol–water partition coefficient (Wildman–Crippen LogP) is 2.35. The zero-order chi connectivity index (χ0) is 17.5. The van der Waals surface area contributed by atoms with Crippen LogP contribution in [0.5, 0.6) is 0 Å². The number of aromatic nitrogens is 1. The van der Waals surface area contributed by atoms with Crippen molar-refractivity contribution in [3.63, 3.8) is 0 Å². The summed E-state index contributed by atoms with van der Waals surface area (Å²) in [6, 6.07) is 3.79. The third-order valence-electron chi connectivity index (χ3n) is 7.40. The number of morpholine rings is 1. The fourth-order valence-electron chi connectivity index (χ4n) is 6.09. The van der Waals surface area contributed by atoms with Crippen LogP contribution in [0.2, 0.25) is 0 Å². The summed E-state index contributed by atoms with van der Waals surface area (Å²) in [6.45, 7) is 5.00. The molecule has 5 fully saturated rings. The van der Waals surface area contributed by atoms with Crippen molar-refractivity contribution >= 4 is 5.91 Å². The van der Waals surface area contributed by atoms with Crippen LogP contribution in [0.15, 0.2) is 24.5 Å². The number of carbonyl (C=O) groups is 1. The van der Waals surface area contributed by atoms with Crippen LogP contribution in [0.1, 0.15) is 37.3 Å². The Balaban J connectivity index is 1.39. The molecule has 1 aromatic heterocycles. The highest BCUT2D eigenvalue weighted by molar-refractivity contribution is 5.83. The molecule has 5 aliphatic rings. The average molecular weight is 355 g/mol. The lowest BCUT2D eigenvalue weighted by molar-refractivity contribution is -0.138. The SMILES string of the molecule is O=C(C(c1cccnc1)N1CCOCC1)N1C[C@@H]2C3CCC(CC3)[C@@H]2C1. The summed E-state index contributed by atoms with van der Waals surface area (Å²) in [7, 11) is 0. The van der Waals surface area contributed by atoms with Crippen LogP contribution in [0.4, 0.5) is 0 Å². The number of fused-ring (bicyclic) bond motifs is 2. The van der Waals surface area contributed by atoms with Gasteiger partial charge in [-0.25, -0.2) is 0 Å². The lowest BCUT2D eigenvalue weighted by Crippen LogP contribution is -2.46. The lowest BCUT2D eigenvalue weighted by atomic mass is 9.60. The van der Waals surface area contributed by atoms with Crippen molar-refractivity contribution in [3.05, 3.63) is 30.1 Å². The van der Waals surface area contributed by atoms with E-state index in [0.29, 0.717) is 13.2 Å². The first kappa shape index (κ1) is 16.7. The molecule has 0 radical (unpaired) electrons. The van der Waals surface area contributed by atoms with Crippen LogP contribution in [0.3, 0.4) is 0 Å². The van der Waals surface area contributed by atoms with Crippen LogP contribution in [0, 0.1) is 23.7 Å². The van der Waals surface area contributed by atoms with Gasteiger partial charge in [-0.05, 0) is 61.0 Å². The van der Waals surface area contributed by atoms with Gasteiger partial charge in [0.2, 0.25) is 5.91 Å². The molecule has 3 saturated carbocycles. The van der Waals surface area contributed by atoms with Gasteiger partial charge < -0.3 is 9.64 Å². The maximum atomic E-state index is 13.6. The molecular formula is C21H29N3O2. The van der Waals surface area contributed by atoms with Gasteiger partial charge in [0, 0.05) is 38.6 Å². The van der Waals surface area contributed by atoms with Gasteiger partial charge in [-0.3, -0.25) is 14.7 Å². The lowest BCUT2D eigenvalue weighted by Gasteiger charge is -2.44. The van der Waals surface area contributed by atoms with Crippen molar-refractivity contribution in [1.82, 2.24) is 14.8 Å². The summed E-state index contributed by atoms with van der Waals surface area (Å²) >= 11 is 0. The van der Waals surface area contributed by atoms with Gasteiger partial charge in [-0.15, -0.1) is 0 Å². The predicted molar refractivity (Wildman–Crippen MR) is 98.4 cm³/mol. The minimum atomic E-state index is -0.203. The Hall–Kier alpha value is -1.46. The highest BCUT2D eigenvalue weighted by atomic mass is 16.5. The number of amides is 1. The fraction of sp³-hybridized carbons (Fsp3) is 0.714. The molecule has 3 atom stereocenters. The van der Waals surface area contributed by atoms with E-state index in [1.165, 1.54) is 25.7 Å². The second-order valence-electron chi connectivity index (χ2n) is 8.58. The molecule has 0 N–H and O–H groups in total. The van der Waals surface area contributed by atoms with Gasteiger partial charge in [-0.2, -0.15) is 0 Å². The third-order valence-corrected chi connectivity index (χ3v) is 7.40. The molecule has 1 unspecified atom stereocenters. The Bertz CT molecular complexity index is 618. The monoisotopic (exact) mass is 355 g/mol. The number of carbonyl (C=O) groups excluding carboxylic acids is 1. The van der Waals surface area contributed by atoms with Crippen LogP contribution in [0.25, 0.3) is 0 Å². The molecule has 0 aromatic carbocycles. The summed E-state index contributed by atoms with van der Waals surface area (Å²) in [6.07, 6.45) is 9.22. The number of pyridine rings is 1. The molecular weight excluding hydrogens is 326 g/mol. The van der Waals surface area contributed by atoms with Crippen LogP contribution in [-0.4, -0.2) is 60.1 Å². The second kappa shape index (κ2) is 6.93. The van der Waals surface area contributed by atoms with Crippen molar-refractivity contribution < 1.29 is 9.53 Å². The minimum Gasteiger partial charge on any atom is -0.379 e. The fourth-order valence-corrected chi connectivity index (χ4v) is 6.09. The first-order chi connectivity index (χ1) is 12.8. The second-order valence-corrected chi connectivity index (χ2v) is 8.58. The summed E-state index contributed by atoms with van der Waals surface area (Å²) in [5, 5.41) is 0. The van der Waals surface area contributed by atoms with Crippen molar-refractivity contribution in [2.24, 2.45) is 23.7 Å². The molecule has 5 heteroatoms. The van der Waals surface area contributed by atoms with Gasteiger partial charge in [0.25, 0.3) is 0 Å². The molecule has 6 rings (SSSR count). The zero-order valence-electron chi connectivity index (χ0n) is 15.4. The standard InChI is InChI=1S/C21H29N3O2/c25-21(24-13-18-15-3-4-16(6-5-15)19(18)14-24)20(17-2-1-7-22-12-17)23-8-10-26-11-9-23/h1-2,7,12,15-16,18-20H,3-6,8-11,13-14H2/t15?,16?,18-,19+,20?. The van der Waals surface area contributed by atoms with E-state index in [-0.39, 0.29) is 11.9 Å². The molecule has 3 aliphatic carbocycles. The van der Waals surface area contributed by atoms with E-state index < -0.39 is 0 Å². The Morgan fingerprint density at radius 1 is 1.08 bits per heavy atom. The number of hydrogen-bond acceptors (Lipinski definition) is 4. The largest absolute Gasteiger partial charge is 0.379 e. The van der Waals surface area contributed by atoms with E-state index in [0.717, 1.165) is 55.4 Å². The quantitative estimate of drug-likeness (QED) is 0.835. The number of likely N-dealkylation sites (tertiary alicyclic amines) is 1. The highest BCUT2D eigenvalue weighted by Gasteiger charge is 2.50. The van der Waals surface area contributed by atoms with E-state index in [9.17, 15) is 4.79 Å². The molecule has 26 heavy (non-hydrogen) atoms. The number of hydrogen-bond donors (Lipinski definition) is 0. The van der Waals surface area contributed by atoms with Gasteiger partial charge in [0.15, 0.2) is 0 Å². The van der Waals surface area contributed by atoms with Crippen molar-refractivity contribution in [2.75, 3.05) is 39.4 Å². The van der Waals surface area contributed by atoms with Gasteiger partial charge in [0.05, 0.1) is 13.2 Å². The van der Waals surface area contributed by atoms with E-state index in [1.54, 1.807) is 6.20 Å². The molecule has 1 amide bonds. The van der Waals surface area contributed by atoms with E-state index >= 15 is 0 Å². The van der Waals surface area contributed by atoms with Crippen LogP contribution < -0.4 is 0 Å². The van der Waals surface area contributed by atoms with Crippen molar-refractivity contribution in [2.45, 2.75) is 31.7 Å². The van der Waals surface area contributed by atoms with Crippen LogP contribution >= 0.6 is 0 Å². The molecule has 5 nitrogen and oxygen atoms in total. The van der Waals surface area contributed by atoms with E-state index in [2.05, 4.69) is 20.9 Å². The van der Waals surface area contributed by atoms with Crippen molar-refractivity contribution in [1.29, 1.82) is 0 Å². The Kier molecular flexibility index (Phi) is 4.45. The minimum absolute atomic E-state index is 0.203. The van der Waals surface area contributed by atoms with Crippen molar-refractivity contribution in [3.8, 4) is 0 Å². The molecule has 2 bridgehead atoms. The first-order valence-corrected chi connectivity index (χ1v) is 10.3. The maximum Gasteiger partial charge on any atom is 0.244 e. The first-order valence-electron chi connectivity index (χ1n) is 10.3. The smallest absolute Gasteiger partial charge is 0.244 e. The number of rotatable bonds is 3. The Morgan fingerprint density at radius 3 is 2.31 bits per heavy atom. The van der Waals surface area contributed by atoms with E-state index in [4.69, 9.17) is 4.74 Å². The third kappa shape index (κ3) is 2.85. The molecule has 2 aliphatic heterocycles. The molecule has 2 saturated heterocycles. The average Bonchev–Trinajstić information content (AvgIpc) is 3.18. The molecule has 1 aromatic rings.